The van der Waals surface area contributed by atoms with Crippen LogP contribution in [0.15, 0.2) is 51.3 Å². The van der Waals surface area contributed by atoms with Crippen molar-refractivity contribution < 1.29 is 14.7 Å². The highest BCUT2D eigenvalue weighted by Crippen LogP contribution is 2.22. The Morgan fingerprint density at radius 1 is 1.12 bits per heavy atom. The fourth-order valence-electron chi connectivity index (χ4n) is 2.72. The third-order valence-corrected chi connectivity index (χ3v) is 3.97. The Kier molecular flexibility index (Phi) is 4.18. The number of Topliss-reactive ketones (excluding diaryl/α,β-unsaturated/α-hetero) is 2. The largest absolute Gasteiger partial charge is 0.511 e. The summed E-state index contributed by atoms with van der Waals surface area (Å²) in [5, 5.41) is 13.6. The Morgan fingerprint density at radius 2 is 1.80 bits per heavy atom. The lowest BCUT2D eigenvalue weighted by molar-refractivity contribution is -0.116. The number of nitrogens with zero attached hydrogens (tertiary/aromatic N) is 3. The predicted molar refractivity (Wildman–Crippen MR) is 87.9 cm³/mol. The Hall–Kier alpha value is -3.29. The standard InChI is InChI=1S/C17H15N3O5/c1-19-17(25)20(10-6-3-2-4-7-10)16(24)14(18-19)15(23)13-11(21)8-5-9-12(13)22/h2-4,6-7,21H,5,8-9H2,1H3. The van der Waals surface area contributed by atoms with Crippen LogP contribution in [0.2, 0.25) is 0 Å². The maximum Gasteiger partial charge on any atom is 0.351 e. The van der Waals surface area contributed by atoms with Crippen molar-refractivity contribution in [2.45, 2.75) is 19.3 Å². The number of carbonyl (C=O) groups excluding carboxylic acids is 2. The summed E-state index contributed by atoms with van der Waals surface area (Å²) in [5.74, 6) is -1.84. The number of para-hydroxylation sites is 1. The molecule has 1 aliphatic rings. The Morgan fingerprint density at radius 3 is 2.44 bits per heavy atom. The molecule has 1 aromatic carbocycles. The maximum absolute atomic E-state index is 12.7. The molecule has 0 saturated heterocycles. The third kappa shape index (κ3) is 2.82. The van der Waals surface area contributed by atoms with Gasteiger partial charge in [-0.15, -0.1) is 0 Å². The van der Waals surface area contributed by atoms with Crippen molar-refractivity contribution in [3.8, 4) is 5.69 Å². The van der Waals surface area contributed by atoms with Gasteiger partial charge >= 0.3 is 5.69 Å². The summed E-state index contributed by atoms with van der Waals surface area (Å²) in [5.41, 5.74) is -2.38. The van der Waals surface area contributed by atoms with Gasteiger partial charge in [0.1, 0.15) is 11.3 Å². The van der Waals surface area contributed by atoms with Crippen LogP contribution in [0.1, 0.15) is 29.8 Å². The lowest BCUT2D eigenvalue weighted by Crippen LogP contribution is -2.43. The van der Waals surface area contributed by atoms with E-state index >= 15 is 0 Å². The second-order valence-corrected chi connectivity index (χ2v) is 5.66. The molecule has 1 N–H and O–H groups in total. The second kappa shape index (κ2) is 6.31. The first-order valence-corrected chi connectivity index (χ1v) is 7.67. The van der Waals surface area contributed by atoms with E-state index in [2.05, 4.69) is 5.10 Å². The van der Waals surface area contributed by atoms with Gasteiger partial charge in [-0.05, 0) is 18.6 Å². The van der Waals surface area contributed by atoms with Crippen molar-refractivity contribution in [3.63, 3.8) is 0 Å². The van der Waals surface area contributed by atoms with E-state index in [1.807, 2.05) is 0 Å². The van der Waals surface area contributed by atoms with Crippen LogP contribution in [0, 0.1) is 0 Å². The van der Waals surface area contributed by atoms with Gasteiger partial charge in [0.2, 0.25) is 5.78 Å². The minimum Gasteiger partial charge on any atom is -0.511 e. The first-order valence-electron chi connectivity index (χ1n) is 7.67. The van der Waals surface area contributed by atoms with Crippen LogP contribution in [-0.2, 0) is 11.8 Å². The molecule has 25 heavy (non-hydrogen) atoms. The van der Waals surface area contributed by atoms with Crippen molar-refractivity contribution in [1.82, 2.24) is 14.3 Å². The van der Waals surface area contributed by atoms with Crippen LogP contribution in [0.25, 0.3) is 5.69 Å². The molecule has 0 amide bonds. The van der Waals surface area contributed by atoms with Gasteiger partial charge in [-0.2, -0.15) is 5.10 Å². The molecule has 8 nitrogen and oxygen atoms in total. The molecule has 0 fully saturated rings. The summed E-state index contributed by atoms with van der Waals surface area (Å²) >= 11 is 0. The highest BCUT2D eigenvalue weighted by atomic mass is 16.3. The third-order valence-electron chi connectivity index (χ3n) is 3.97. The molecule has 1 heterocycles. The number of carbonyl (C=O) groups is 2. The summed E-state index contributed by atoms with van der Waals surface area (Å²) in [6.07, 6.45) is 0.742. The number of allylic oxidation sites excluding steroid dienone is 2. The molecular weight excluding hydrogens is 326 g/mol. The fourth-order valence-corrected chi connectivity index (χ4v) is 2.72. The summed E-state index contributed by atoms with van der Waals surface area (Å²) in [6, 6.07) is 8.08. The van der Waals surface area contributed by atoms with Crippen LogP contribution < -0.4 is 11.2 Å². The zero-order valence-corrected chi connectivity index (χ0v) is 13.4. The maximum atomic E-state index is 12.7. The highest BCUT2D eigenvalue weighted by molar-refractivity contribution is 6.26. The smallest absolute Gasteiger partial charge is 0.351 e. The van der Waals surface area contributed by atoms with E-state index in [0.717, 1.165) is 9.25 Å². The second-order valence-electron chi connectivity index (χ2n) is 5.66. The Balaban J connectivity index is 2.24. The molecule has 1 aromatic heterocycles. The van der Waals surface area contributed by atoms with Crippen LogP contribution in [0.5, 0.6) is 0 Å². The van der Waals surface area contributed by atoms with Crippen molar-refractivity contribution in [3.05, 3.63) is 68.2 Å². The number of aliphatic hydroxyl groups is 1. The summed E-state index contributed by atoms with van der Waals surface area (Å²) in [7, 11) is 1.30. The zero-order chi connectivity index (χ0) is 18.1. The minimum absolute atomic E-state index is 0.115. The molecule has 2 aromatic rings. The van der Waals surface area contributed by atoms with Crippen molar-refractivity contribution in [2.75, 3.05) is 0 Å². The van der Waals surface area contributed by atoms with E-state index < -0.39 is 34.1 Å². The molecule has 1 aliphatic carbocycles. The average Bonchev–Trinajstić information content (AvgIpc) is 2.59. The van der Waals surface area contributed by atoms with E-state index in [-0.39, 0.29) is 24.3 Å². The van der Waals surface area contributed by atoms with Crippen molar-refractivity contribution in [1.29, 1.82) is 0 Å². The van der Waals surface area contributed by atoms with Gasteiger partial charge < -0.3 is 5.11 Å². The van der Waals surface area contributed by atoms with Crippen LogP contribution in [0.4, 0.5) is 0 Å². The van der Waals surface area contributed by atoms with E-state index in [4.69, 9.17) is 0 Å². The van der Waals surface area contributed by atoms with Gasteiger partial charge in [0.25, 0.3) is 5.56 Å². The average molecular weight is 341 g/mol. The molecule has 3 rings (SSSR count). The first-order chi connectivity index (χ1) is 11.9. The summed E-state index contributed by atoms with van der Waals surface area (Å²) in [4.78, 5) is 49.6. The normalized spacial score (nSPS) is 14.7. The first kappa shape index (κ1) is 16.6. The number of aliphatic hydroxyl groups excluding tert-OH is 1. The Bertz CT molecular complexity index is 1010. The van der Waals surface area contributed by atoms with E-state index in [9.17, 15) is 24.3 Å². The zero-order valence-electron chi connectivity index (χ0n) is 13.4. The number of aryl methyl sites for hydroxylation is 1. The lowest BCUT2D eigenvalue weighted by atomic mass is 9.92. The van der Waals surface area contributed by atoms with Gasteiger partial charge in [0.15, 0.2) is 11.5 Å². The van der Waals surface area contributed by atoms with Crippen LogP contribution >= 0.6 is 0 Å². The van der Waals surface area contributed by atoms with Gasteiger partial charge in [0.05, 0.1) is 5.69 Å². The number of rotatable bonds is 3. The predicted octanol–water partition coefficient (Wildman–Crippen LogP) is 0.679. The van der Waals surface area contributed by atoms with Gasteiger partial charge in [-0.3, -0.25) is 14.4 Å². The number of benzene rings is 1. The van der Waals surface area contributed by atoms with Gasteiger partial charge in [-0.25, -0.2) is 14.0 Å². The summed E-state index contributed by atoms with van der Waals surface area (Å²) in [6.45, 7) is 0. The van der Waals surface area contributed by atoms with Gasteiger partial charge in [-0.1, -0.05) is 18.2 Å². The van der Waals surface area contributed by atoms with Crippen molar-refractivity contribution in [2.24, 2.45) is 7.05 Å². The number of aromatic nitrogens is 3. The molecular formula is C17H15N3O5. The molecule has 0 atom stereocenters. The summed E-state index contributed by atoms with van der Waals surface area (Å²) < 4.78 is 1.66. The molecule has 0 aliphatic heterocycles. The molecule has 0 saturated carbocycles. The SMILES string of the molecule is Cn1nc(C(=O)C2=C(O)CCCC2=O)c(=O)n(-c2ccccc2)c1=O. The molecule has 8 heteroatoms. The topological polar surface area (TPSA) is 111 Å². The minimum atomic E-state index is -0.965. The molecule has 0 spiro atoms. The van der Waals surface area contributed by atoms with Crippen molar-refractivity contribution >= 4 is 11.6 Å². The monoisotopic (exact) mass is 341 g/mol. The fraction of sp³-hybridized carbons (Fsp3) is 0.235. The van der Waals surface area contributed by atoms with E-state index in [1.165, 1.54) is 7.05 Å². The highest BCUT2D eigenvalue weighted by Gasteiger charge is 2.31. The molecule has 128 valence electrons. The quantitative estimate of drug-likeness (QED) is 0.649. The molecule has 0 bridgehead atoms. The molecule has 0 unspecified atom stereocenters. The van der Waals surface area contributed by atoms with Crippen LogP contribution in [0.3, 0.4) is 0 Å². The van der Waals surface area contributed by atoms with E-state index in [1.54, 1.807) is 30.3 Å². The Labute approximate surface area is 141 Å². The van der Waals surface area contributed by atoms with Gasteiger partial charge in [0, 0.05) is 19.9 Å². The number of hydrogen-bond acceptors (Lipinski definition) is 6. The molecule has 0 radical (unpaired) electrons. The lowest BCUT2D eigenvalue weighted by Gasteiger charge is -2.14. The number of hydrogen-bond donors (Lipinski definition) is 1. The van der Waals surface area contributed by atoms with Crippen LogP contribution in [-0.4, -0.2) is 31.0 Å². The number of ketones is 2. The van der Waals surface area contributed by atoms with E-state index in [0.29, 0.717) is 6.42 Å².